The SMILES string of the molecule is CC(C)(O)CN1CCN(CCOC2CCCCO2)CC1. The van der Waals surface area contributed by atoms with Gasteiger partial charge >= 0.3 is 0 Å². The predicted octanol–water partition coefficient (Wildman–Crippen LogP) is 0.918. The molecule has 0 aromatic rings. The van der Waals surface area contributed by atoms with Gasteiger partial charge in [0.2, 0.25) is 0 Å². The molecule has 20 heavy (non-hydrogen) atoms. The molecule has 5 heteroatoms. The monoisotopic (exact) mass is 286 g/mol. The van der Waals surface area contributed by atoms with Gasteiger partial charge in [-0.25, -0.2) is 0 Å². The van der Waals surface area contributed by atoms with Crippen LogP contribution in [0.15, 0.2) is 0 Å². The first-order valence-corrected chi connectivity index (χ1v) is 7.93. The number of hydrogen-bond donors (Lipinski definition) is 1. The standard InChI is InChI=1S/C15H30N2O3/c1-15(2,18)13-17-8-6-16(7-9-17)10-12-20-14-5-3-4-11-19-14/h14,18H,3-13H2,1-2H3. The lowest BCUT2D eigenvalue weighted by Crippen LogP contribution is -2.51. The molecule has 118 valence electrons. The van der Waals surface area contributed by atoms with Gasteiger partial charge in [0.1, 0.15) is 0 Å². The minimum Gasteiger partial charge on any atom is -0.389 e. The third-order valence-electron chi connectivity index (χ3n) is 3.92. The van der Waals surface area contributed by atoms with Crippen LogP contribution < -0.4 is 0 Å². The molecule has 0 radical (unpaired) electrons. The molecule has 2 saturated heterocycles. The van der Waals surface area contributed by atoms with Gasteiger partial charge in [-0.15, -0.1) is 0 Å². The van der Waals surface area contributed by atoms with Crippen LogP contribution in [0, 0.1) is 0 Å². The van der Waals surface area contributed by atoms with E-state index in [0.717, 1.165) is 58.9 Å². The second kappa shape index (κ2) is 7.71. The van der Waals surface area contributed by atoms with Crippen molar-refractivity contribution >= 4 is 0 Å². The summed E-state index contributed by atoms with van der Waals surface area (Å²) < 4.78 is 11.3. The molecule has 1 unspecified atom stereocenters. The highest BCUT2D eigenvalue weighted by atomic mass is 16.7. The Labute approximate surface area is 122 Å². The van der Waals surface area contributed by atoms with Gasteiger partial charge in [-0.3, -0.25) is 9.80 Å². The number of β-amino-alcohol motifs (C(OH)–C–C–N with tert-alkyl or cyclic N) is 1. The van der Waals surface area contributed by atoms with E-state index in [2.05, 4.69) is 9.80 Å². The Balaban J connectivity index is 1.55. The van der Waals surface area contributed by atoms with Gasteiger partial charge < -0.3 is 14.6 Å². The molecule has 0 spiro atoms. The Morgan fingerprint density at radius 2 is 1.85 bits per heavy atom. The van der Waals surface area contributed by atoms with Gasteiger partial charge in [-0.1, -0.05) is 0 Å². The first-order chi connectivity index (χ1) is 9.53. The van der Waals surface area contributed by atoms with Crippen LogP contribution in [0.1, 0.15) is 33.1 Å². The summed E-state index contributed by atoms with van der Waals surface area (Å²) in [4.78, 5) is 4.77. The van der Waals surface area contributed by atoms with Crippen LogP contribution in [-0.4, -0.2) is 79.3 Å². The van der Waals surface area contributed by atoms with Gasteiger partial charge in [0.25, 0.3) is 0 Å². The fourth-order valence-electron chi connectivity index (χ4n) is 2.87. The molecule has 5 nitrogen and oxygen atoms in total. The van der Waals surface area contributed by atoms with Crippen molar-refractivity contribution in [2.24, 2.45) is 0 Å². The summed E-state index contributed by atoms with van der Waals surface area (Å²) in [6.07, 6.45) is 3.46. The third kappa shape index (κ3) is 6.06. The number of rotatable bonds is 6. The number of piperazine rings is 1. The average molecular weight is 286 g/mol. The lowest BCUT2D eigenvalue weighted by atomic mass is 10.1. The second-order valence-electron chi connectivity index (χ2n) is 6.60. The van der Waals surface area contributed by atoms with E-state index in [1.165, 1.54) is 12.8 Å². The van der Waals surface area contributed by atoms with Crippen molar-refractivity contribution in [1.82, 2.24) is 9.80 Å². The van der Waals surface area contributed by atoms with E-state index in [0.29, 0.717) is 0 Å². The van der Waals surface area contributed by atoms with Gasteiger partial charge in [-0.2, -0.15) is 0 Å². The lowest BCUT2D eigenvalue weighted by molar-refractivity contribution is -0.164. The quantitative estimate of drug-likeness (QED) is 0.786. The van der Waals surface area contributed by atoms with Crippen molar-refractivity contribution in [3.8, 4) is 0 Å². The van der Waals surface area contributed by atoms with E-state index in [4.69, 9.17) is 9.47 Å². The largest absolute Gasteiger partial charge is 0.389 e. The number of hydrogen-bond acceptors (Lipinski definition) is 5. The van der Waals surface area contributed by atoms with Crippen molar-refractivity contribution < 1.29 is 14.6 Å². The highest BCUT2D eigenvalue weighted by molar-refractivity contribution is 4.77. The van der Waals surface area contributed by atoms with E-state index in [-0.39, 0.29) is 6.29 Å². The summed E-state index contributed by atoms with van der Waals surface area (Å²) in [6.45, 7) is 11.3. The molecular weight excluding hydrogens is 256 g/mol. The Morgan fingerprint density at radius 1 is 1.15 bits per heavy atom. The predicted molar refractivity (Wildman–Crippen MR) is 78.7 cm³/mol. The maximum Gasteiger partial charge on any atom is 0.157 e. The molecule has 0 aliphatic carbocycles. The van der Waals surface area contributed by atoms with Crippen LogP contribution in [0.4, 0.5) is 0 Å². The van der Waals surface area contributed by atoms with E-state index < -0.39 is 5.60 Å². The summed E-state index contributed by atoms with van der Waals surface area (Å²) in [5.41, 5.74) is -0.594. The highest BCUT2D eigenvalue weighted by Gasteiger charge is 2.22. The molecule has 2 heterocycles. The maximum atomic E-state index is 9.83. The number of aliphatic hydroxyl groups is 1. The highest BCUT2D eigenvalue weighted by Crippen LogP contribution is 2.14. The van der Waals surface area contributed by atoms with E-state index in [1.54, 1.807) is 0 Å². The van der Waals surface area contributed by atoms with Gasteiger partial charge in [-0.05, 0) is 33.1 Å². The van der Waals surface area contributed by atoms with Gasteiger partial charge in [0.05, 0.1) is 12.2 Å². The molecule has 1 N–H and O–H groups in total. The fraction of sp³-hybridized carbons (Fsp3) is 1.00. The Bertz CT molecular complexity index is 267. The molecule has 2 rings (SSSR count). The molecule has 0 saturated carbocycles. The smallest absolute Gasteiger partial charge is 0.157 e. The fourth-order valence-corrected chi connectivity index (χ4v) is 2.87. The van der Waals surface area contributed by atoms with Crippen molar-refractivity contribution in [2.75, 3.05) is 52.5 Å². The minimum atomic E-state index is -0.594. The van der Waals surface area contributed by atoms with Crippen molar-refractivity contribution in [2.45, 2.75) is 45.0 Å². The normalized spacial score (nSPS) is 26.9. The molecular formula is C15H30N2O3. The third-order valence-corrected chi connectivity index (χ3v) is 3.92. The second-order valence-corrected chi connectivity index (χ2v) is 6.60. The Kier molecular flexibility index (Phi) is 6.23. The van der Waals surface area contributed by atoms with Crippen LogP contribution in [0.5, 0.6) is 0 Å². The molecule has 0 aromatic heterocycles. The van der Waals surface area contributed by atoms with Crippen LogP contribution in [0.3, 0.4) is 0 Å². The summed E-state index contributed by atoms with van der Waals surface area (Å²) in [7, 11) is 0. The number of ether oxygens (including phenoxy) is 2. The molecule has 0 aromatic carbocycles. The topological polar surface area (TPSA) is 45.2 Å². The van der Waals surface area contributed by atoms with E-state index >= 15 is 0 Å². The van der Waals surface area contributed by atoms with Crippen molar-refractivity contribution in [1.29, 1.82) is 0 Å². The Hall–Kier alpha value is -0.200. The summed E-state index contributed by atoms with van der Waals surface area (Å²) >= 11 is 0. The summed E-state index contributed by atoms with van der Waals surface area (Å²) in [5, 5.41) is 9.83. The lowest BCUT2D eigenvalue weighted by Gasteiger charge is -2.37. The maximum absolute atomic E-state index is 9.83. The molecule has 1 atom stereocenters. The molecule has 2 aliphatic heterocycles. The van der Waals surface area contributed by atoms with E-state index in [9.17, 15) is 5.11 Å². The first kappa shape index (κ1) is 16.2. The van der Waals surface area contributed by atoms with Crippen LogP contribution in [0.25, 0.3) is 0 Å². The molecule has 2 fully saturated rings. The molecule has 0 amide bonds. The van der Waals surface area contributed by atoms with Crippen molar-refractivity contribution in [3.63, 3.8) is 0 Å². The number of nitrogens with zero attached hydrogens (tertiary/aromatic N) is 2. The van der Waals surface area contributed by atoms with Crippen LogP contribution in [0.2, 0.25) is 0 Å². The average Bonchev–Trinajstić information content (AvgIpc) is 2.40. The van der Waals surface area contributed by atoms with Crippen molar-refractivity contribution in [3.05, 3.63) is 0 Å². The zero-order chi connectivity index (χ0) is 14.4. The minimum absolute atomic E-state index is 0.0280. The molecule has 2 aliphatic rings. The van der Waals surface area contributed by atoms with Gasteiger partial charge in [0.15, 0.2) is 6.29 Å². The van der Waals surface area contributed by atoms with Crippen LogP contribution >= 0.6 is 0 Å². The zero-order valence-electron chi connectivity index (χ0n) is 13.0. The summed E-state index contributed by atoms with van der Waals surface area (Å²) in [6, 6.07) is 0. The molecule has 0 bridgehead atoms. The van der Waals surface area contributed by atoms with Gasteiger partial charge in [0, 0.05) is 45.9 Å². The first-order valence-electron chi connectivity index (χ1n) is 7.93. The van der Waals surface area contributed by atoms with E-state index in [1.807, 2.05) is 13.8 Å². The van der Waals surface area contributed by atoms with Crippen LogP contribution in [-0.2, 0) is 9.47 Å². The Morgan fingerprint density at radius 3 is 2.45 bits per heavy atom. The summed E-state index contributed by atoms with van der Waals surface area (Å²) in [5.74, 6) is 0. The zero-order valence-corrected chi connectivity index (χ0v) is 13.0.